The zero-order valence-corrected chi connectivity index (χ0v) is 23.0. The molecule has 0 unspecified atom stereocenters. The SMILES string of the molecule is CC(=O)CCC(=O)NCCOc1ccc(Nc2ncc(Br)c(NCCCN(C)C(=O)C3CCC3)n2)cc1. The van der Waals surface area contributed by atoms with Crippen LogP contribution in [0.2, 0.25) is 0 Å². The second-order valence-electron chi connectivity index (χ2n) is 9.11. The van der Waals surface area contributed by atoms with Crippen LogP contribution in [0.4, 0.5) is 17.5 Å². The van der Waals surface area contributed by atoms with Crippen molar-refractivity contribution in [3.05, 3.63) is 34.9 Å². The number of ketones is 1. The Morgan fingerprint density at radius 3 is 2.57 bits per heavy atom. The van der Waals surface area contributed by atoms with Gasteiger partial charge in [-0.3, -0.25) is 9.59 Å². The second-order valence-corrected chi connectivity index (χ2v) is 9.96. The lowest BCUT2D eigenvalue weighted by atomic mass is 9.84. The molecule has 1 aliphatic carbocycles. The molecule has 0 radical (unpaired) electrons. The lowest BCUT2D eigenvalue weighted by molar-refractivity contribution is -0.136. The summed E-state index contributed by atoms with van der Waals surface area (Å²) in [5.41, 5.74) is 0.800. The van der Waals surface area contributed by atoms with E-state index in [1.165, 1.54) is 6.92 Å². The van der Waals surface area contributed by atoms with E-state index in [1.807, 2.05) is 36.2 Å². The number of benzene rings is 1. The summed E-state index contributed by atoms with van der Waals surface area (Å²) in [6.07, 6.45) is 6.15. The minimum Gasteiger partial charge on any atom is -0.492 e. The van der Waals surface area contributed by atoms with Gasteiger partial charge in [-0.25, -0.2) is 4.98 Å². The number of amides is 2. The molecular weight excluding hydrogens is 540 g/mol. The first-order chi connectivity index (χ1) is 17.8. The highest BCUT2D eigenvalue weighted by molar-refractivity contribution is 9.10. The zero-order valence-electron chi connectivity index (χ0n) is 21.4. The van der Waals surface area contributed by atoms with Crippen molar-refractivity contribution >= 4 is 51.0 Å². The lowest BCUT2D eigenvalue weighted by Crippen LogP contribution is -2.37. The second kappa shape index (κ2) is 14.5. The number of nitrogens with one attached hydrogen (secondary N) is 3. The van der Waals surface area contributed by atoms with Crippen LogP contribution in [0.25, 0.3) is 0 Å². The standard InChI is InChI=1S/C26H35BrN6O4/c1-18(34)7-12-23(35)28-14-16-37-21-10-8-20(9-11-21)31-26-30-17-22(27)24(32-26)29-13-4-15-33(2)25(36)19-5-3-6-19/h8-11,17,19H,3-7,12-16H2,1-2H3,(H,28,35)(H2,29,30,31,32). The quantitative estimate of drug-likeness (QED) is 0.273. The summed E-state index contributed by atoms with van der Waals surface area (Å²) in [5.74, 6) is 2.11. The molecule has 0 atom stereocenters. The highest BCUT2D eigenvalue weighted by Crippen LogP contribution is 2.28. The summed E-state index contributed by atoms with van der Waals surface area (Å²) in [6, 6.07) is 7.35. The molecule has 1 aliphatic rings. The van der Waals surface area contributed by atoms with Crippen LogP contribution in [0.15, 0.2) is 34.9 Å². The van der Waals surface area contributed by atoms with Gasteiger partial charge < -0.3 is 30.4 Å². The van der Waals surface area contributed by atoms with Crippen LogP contribution in [-0.4, -0.2) is 65.8 Å². The van der Waals surface area contributed by atoms with Crippen molar-refractivity contribution in [3.63, 3.8) is 0 Å². The molecule has 0 spiro atoms. The number of Topliss-reactive ketones (excluding diaryl/α,β-unsaturated/α-hetero) is 1. The van der Waals surface area contributed by atoms with Gasteiger partial charge >= 0.3 is 0 Å². The van der Waals surface area contributed by atoms with Gasteiger partial charge in [0.2, 0.25) is 17.8 Å². The number of rotatable bonds is 15. The van der Waals surface area contributed by atoms with Gasteiger partial charge in [-0.05, 0) is 66.4 Å². The van der Waals surface area contributed by atoms with Crippen molar-refractivity contribution in [1.82, 2.24) is 20.2 Å². The molecule has 0 bridgehead atoms. The van der Waals surface area contributed by atoms with Crippen LogP contribution in [0, 0.1) is 5.92 Å². The largest absolute Gasteiger partial charge is 0.492 e. The van der Waals surface area contributed by atoms with Crippen molar-refractivity contribution < 1.29 is 19.1 Å². The topological polar surface area (TPSA) is 126 Å². The number of halogens is 1. The van der Waals surface area contributed by atoms with E-state index in [4.69, 9.17) is 4.74 Å². The number of nitrogens with zero attached hydrogens (tertiary/aromatic N) is 3. The number of carbonyl (C=O) groups excluding carboxylic acids is 3. The predicted molar refractivity (Wildman–Crippen MR) is 146 cm³/mol. The van der Waals surface area contributed by atoms with E-state index in [-0.39, 0.29) is 36.4 Å². The van der Waals surface area contributed by atoms with Gasteiger partial charge in [0.1, 0.15) is 24.0 Å². The number of anilines is 3. The molecule has 0 saturated heterocycles. The summed E-state index contributed by atoms with van der Waals surface area (Å²) in [7, 11) is 1.87. The number of carbonyl (C=O) groups is 3. The smallest absolute Gasteiger partial charge is 0.229 e. The average Bonchev–Trinajstić information content (AvgIpc) is 2.84. The fourth-order valence-corrected chi connectivity index (χ4v) is 3.98. The first kappa shape index (κ1) is 28.4. The normalized spacial score (nSPS) is 12.8. The van der Waals surface area contributed by atoms with Crippen LogP contribution >= 0.6 is 15.9 Å². The van der Waals surface area contributed by atoms with Gasteiger partial charge in [-0.1, -0.05) is 6.42 Å². The van der Waals surface area contributed by atoms with E-state index in [0.29, 0.717) is 43.8 Å². The Morgan fingerprint density at radius 2 is 1.89 bits per heavy atom. The highest BCUT2D eigenvalue weighted by Gasteiger charge is 2.27. The van der Waals surface area contributed by atoms with Crippen LogP contribution in [0.1, 0.15) is 45.4 Å². The Bertz CT molecular complexity index is 1060. The summed E-state index contributed by atoms with van der Waals surface area (Å²) in [6.45, 7) is 3.55. The van der Waals surface area contributed by atoms with Crippen LogP contribution in [0.5, 0.6) is 5.75 Å². The molecule has 3 rings (SSSR count). The summed E-state index contributed by atoms with van der Waals surface area (Å²) < 4.78 is 6.41. The Balaban J connectivity index is 1.39. The maximum Gasteiger partial charge on any atom is 0.229 e. The molecule has 1 aromatic carbocycles. The minimum absolute atomic E-state index is 0.00224. The molecule has 10 nitrogen and oxygen atoms in total. The third-order valence-corrected chi connectivity index (χ3v) is 6.63. The third kappa shape index (κ3) is 9.64. The Hall–Kier alpha value is -3.21. The molecule has 0 aliphatic heterocycles. The van der Waals surface area contributed by atoms with Gasteiger partial charge in [0.15, 0.2) is 0 Å². The molecule has 11 heteroatoms. The lowest BCUT2D eigenvalue weighted by Gasteiger charge is -2.29. The van der Waals surface area contributed by atoms with Gasteiger partial charge in [0.05, 0.1) is 11.0 Å². The molecule has 37 heavy (non-hydrogen) atoms. The first-order valence-corrected chi connectivity index (χ1v) is 13.4. The fourth-order valence-electron chi connectivity index (χ4n) is 3.65. The van der Waals surface area contributed by atoms with Crippen molar-refractivity contribution in [3.8, 4) is 5.75 Å². The number of aromatic nitrogens is 2. The van der Waals surface area contributed by atoms with E-state index in [0.717, 1.165) is 35.8 Å². The van der Waals surface area contributed by atoms with Crippen LogP contribution < -0.4 is 20.7 Å². The van der Waals surface area contributed by atoms with Crippen LogP contribution in [0.3, 0.4) is 0 Å². The molecule has 1 aromatic heterocycles. The third-order valence-electron chi connectivity index (χ3n) is 6.05. The van der Waals surface area contributed by atoms with E-state index in [1.54, 1.807) is 6.20 Å². The maximum atomic E-state index is 12.3. The molecular formula is C26H35BrN6O4. The number of hydrogen-bond donors (Lipinski definition) is 3. The maximum absolute atomic E-state index is 12.3. The Morgan fingerprint density at radius 1 is 1.14 bits per heavy atom. The predicted octanol–water partition coefficient (Wildman–Crippen LogP) is 3.91. The molecule has 2 amide bonds. The number of ether oxygens (including phenoxy) is 1. The van der Waals surface area contributed by atoms with Gasteiger partial charge in [0, 0.05) is 50.8 Å². The summed E-state index contributed by atoms with van der Waals surface area (Å²) in [4.78, 5) is 45.5. The van der Waals surface area contributed by atoms with Gasteiger partial charge in [-0.15, -0.1) is 0 Å². The number of hydrogen-bond acceptors (Lipinski definition) is 8. The van der Waals surface area contributed by atoms with E-state index in [9.17, 15) is 14.4 Å². The summed E-state index contributed by atoms with van der Waals surface area (Å²) >= 11 is 3.48. The molecule has 3 N–H and O–H groups in total. The monoisotopic (exact) mass is 574 g/mol. The van der Waals surface area contributed by atoms with Crippen molar-refractivity contribution in [2.45, 2.75) is 45.4 Å². The highest BCUT2D eigenvalue weighted by atomic mass is 79.9. The van der Waals surface area contributed by atoms with Gasteiger partial charge in [-0.2, -0.15) is 4.98 Å². The van der Waals surface area contributed by atoms with Crippen molar-refractivity contribution in [1.29, 1.82) is 0 Å². The van der Waals surface area contributed by atoms with Crippen molar-refractivity contribution in [2.75, 3.05) is 43.9 Å². The van der Waals surface area contributed by atoms with Gasteiger partial charge in [0.25, 0.3) is 0 Å². The zero-order chi connectivity index (χ0) is 26.6. The molecule has 1 saturated carbocycles. The Kier molecular flexibility index (Phi) is 11.1. The fraction of sp³-hybridized carbons (Fsp3) is 0.500. The summed E-state index contributed by atoms with van der Waals surface area (Å²) in [5, 5.41) is 9.21. The molecule has 2 aromatic rings. The van der Waals surface area contributed by atoms with E-state index < -0.39 is 0 Å². The van der Waals surface area contributed by atoms with E-state index in [2.05, 4.69) is 41.8 Å². The van der Waals surface area contributed by atoms with Crippen LogP contribution in [-0.2, 0) is 14.4 Å². The molecule has 1 heterocycles. The minimum atomic E-state index is -0.159. The van der Waals surface area contributed by atoms with Crippen molar-refractivity contribution in [2.24, 2.45) is 5.92 Å². The molecule has 200 valence electrons. The molecule has 1 fully saturated rings. The Labute approximate surface area is 226 Å². The average molecular weight is 576 g/mol. The van der Waals surface area contributed by atoms with E-state index >= 15 is 0 Å². The first-order valence-electron chi connectivity index (χ1n) is 12.6.